The van der Waals surface area contributed by atoms with Crippen molar-refractivity contribution in [3.05, 3.63) is 59.7 Å². The third-order valence-electron chi connectivity index (χ3n) is 5.36. The highest BCUT2D eigenvalue weighted by Gasteiger charge is 2.60. The number of hydrogen-bond acceptors (Lipinski definition) is 3. The largest absolute Gasteiger partial charge is 0.322 e. The molecule has 1 N–H and O–H groups in total. The fourth-order valence-corrected chi connectivity index (χ4v) is 4.07. The summed E-state index contributed by atoms with van der Waals surface area (Å²) in [5, 5.41) is 2.91. The van der Waals surface area contributed by atoms with E-state index in [9.17, 15) is 14.4 Å². The first-order chi connectivity index (χ1) is 13.0. The summed E-state index contributed by atoms with van der Waals surface area (Å²) in [6, 6.07) is 14.4. The monoisotopic (exact) mass is 363 g/mol. The molecular formula is C21H21N3O3. The lowest BCUT2D eigenvalue weighted by molar-refractivity contribution is -0.128. The molecule has 0 saturated carbocycles. The summed E-state index contributed by atoms with van der Waals surface area (Å²) in [6.07, 6.45) is 0.497. The van der Waals surface area contributed by atoms with Gasteiger partial charge in [0.2, 0.25) is 11.6 Å². The molecule has 0 aliphatic carbocycles. The van der Waals surface area contributed by atoms with Gasteiger partial charge < -0.3 is 10.2 Å². The van der Waals surface area contributed by atoms with Crippen molar-refractivity contribution in [1.29, 1.82) is 0 Å². The van der Waals surface area contributed by atoms with Crippen molar-refractivity contribution in [2.75, 3.05) is 16.8 Å². The molecule has 0 spiro atoms. The predicted molar refractivity (Wildman–Crippen MR) is 102 cm³/mol. The standard InChI is InChI=1S/C21H21N3O3/c1-3-23-19(26)16-6-4-5-7-17(16)24-18(25)12-13-21(23,24)20(27)22-15-10-8-14(2)9-11-15/h4-11H,3,12-13H2,1-2H3,(H,22,27)/t21-/m1/s1. The first-order valence-electron chi connectivity index (χ1n) is 9.11. The van der Waals surface area contributed by atoms with Gasteiger partial charge in [-0.05, 0) is 38.1 Å². The van der Waals surface area contributed by atoms with Crippen LogP contribution in [-0.4, -0.2) is 34.8 Å². The Bertz CT molecular complexity index is 938. The number of anilines is 2. The van der Waals surface area contributed by atoms with Crippen LogP contribution in [0.4, 0.5) is 11.4 Å². The van der Waals surface area contributed by atoms with E-state index < -0.39 is 5.66 Å². The van der Waals surface area contributed by atoms with Crippen LogP contribution in [0.1, 0.15) is 35.7 Å². The Morgan fingerprint density at radius 2 is 1.81 bits per heavy atom. The Balaban J connectivity index is 1.82. The van der Waals surface area contributed by atoms with Crippen LogP contribution in [0, 0.1) is 6.92 Å². The molecule has 0 unspecified atom stereocenters. The van der Waals surface area contributed by atoms with Crippen LogP contribution < -0.4 is 10.2 Å². The molecule has 1 saturated heterocycles. The van der Waals surface area contributed by atoms with Gasteiger partial charge in [0.15, 0.2) is 0 Å². The number of fused-ring (bicyclic) bond motifs is 3. The number of benzene rings is 2. The molecular weight excluding hydrogens is 342 g/mol. The van der Waals surface area contributed by atoms with Crippen LogP contribution in [-0.2, 0) is 9.59 Å². The molecule has 0 aromatic heterocycles. The fourth-order valence-electron chi connectivity index (χ4n) is 4.07. The molecule has 27 heavy (non-hydrogen) atoms. The van der Waals surface area contributed by atoms with E-state index in [-0.39, 0.29) is 30.6 Å². The van der Waals surface area contributed by atoms with Crippen LogP contribution in [0.5, 0.6) is 0 Å². The summed E-state index contributed by atoms with van der Waals surface area (Å²) in [4.78, 5) is 42.3. The zero-order chi connectivity index (χ0) is 19.2. The summed E-state index contributed by atoms with van der Waals surface area (Å²) >= 11 is 0. The van der Waals surface area contributed by atoms with Gasteiger partial charge in [-0.15, -0.1) is 0 Å². The summed E-state index contributed by atoms with van der Waals surface area (Å²) in [5.74, 6) is -0.729. The number of aryl methyl sites for hydroxylation is 1. The van der Waals surface area contributed by atoms with Crippen molar-refractivity contribution in [3.8, 4) is 0 Å². The topological polar surface area (TPSA) is 69.7 Å². The van der Waals surface area contributed by atoms with Crippen molar-refractivity contribution in [2.24, 2.45) is 0 Å². The van der Waals surface area contributed by atoms with Gasteiger partial charge in [0.25, 0.3) is 11.8 Å². The zero-order valence-corrected chi connectivity index (χ0v) is 15.4. The molecule has 2 aromatic rings. The van der Waals surface area contributed by atoms with Crippen molar-refractivity contribution in [1.82, 2.24) is 4.90 Å². The normalized spacial score (nSPS) is 21.1. The number of amides is 3. The second kappa shape index (κ2) is 6.23. The van der Waals surface area contributed by atoms with E-state index in [0.29, 0.717) is 23.5 Å². The third kappa shape index (κ3) is 2.44. The highest BCUT2D eigenvalue weighted by Crippen LogP contribution is 2.44. The minimum absolute atomic E-state index is 0.146. The molecule has 6 nitrogen and oxygen atoms in total. The molecule has 2 heterocycles. The molecule has 4 rings (SSSR count). The average Bonchev–Trinajstić information content (AvgIpc) is 3.02. The Kier molecular flexibility index (Phi) is 3.98. The maximum absolute atomic E-state index is 13.4. The SMILES string of the molecule is CCN1C(=O)c2ccccc2N2C(=O)CC[C@@]12C(=O)Nc1ccc(C)cc1. The summed E-state index contributed by atoms with van der Waals surface area (Å²) in [6.45, 7) is 4.13. The number of nitrogens with one attached hydrogen (secondary N) is 1. The summed E-state index contributed by atoms with van der Waals surface area (Å²) < 4.78 is 0. The van der Waals surface area contributed by atoms with Crippen molar-refractivity contribution < 1.29 is 14.4 Å². The average molecular weight is 363 g/mol. The molecule has 2 aromatic carbocycles. The van der Waals surface area contributed by atoms with Gasteiger partial charge in [0.1, 0.15) is 0 Å². The van der Waals surface area contributed by atoms with E-state index in [4.69, 9.17) is 0 Å². The Morgan fingerprint density at radius 1 is 1.11 bits per heavy atom. The van der Waals surface area contributed by atoms with Gasteiger partial charge in [-0.3, -0.25) is 19.3 Å². The lowest BCUT2D eigenvalue weighted by Crippen LogP contribution is -2.69. The first-order valence-corrected chi connectivity index (χ1v) is 9.11. The van der Waals surface area contributed by atoms with E-state index in [1.54, 1.807) is 24.3 Å². The Morgan fingerprint density at radius 3 is 2.52 bits per heavy atom. The van der Waals surface area contributed by atoms with Gasteiger partial charge in [0.05, 0.1) is 11.3 Å². The summed E-state index contributed by atoms with van der Waals surface area (Å²) in [5.41, 5.74) is 1.35. The molecule has 3 amide bonds. The van der Waals surface area contributed by atoms with E-state index in [0.717, 1.165) is 5.56 Å². The van der Waals surface area contributed by atoms with Crippen LogP contribution >= 0.6 is 0 Å². The van der Waals surface area contributed by atoms with E-state index in [1.807, 2.05) is 38.1 Å². The quantitative estimate of drug-likeness (QED) is 0.912. The third-order valence-corrected chi connectivity index (χ3v) is 5.36. The number of nitrogens with zero attached hydrogens (tertiary/aromatic N) is 2. The van der Waals surface area contributed by atoms with E-state index in [1.165, 1.54) is 9.80 Å². The van der Waals surface area contributed by atoms with Crippen LogP contribution in [0.2, 0.25) is 0 Å². The maximum Gasteiger partial charge on any atom is 0.271 e. The van der Waals surface area contributed by atoms with Gasteiger partial charge >= 0.3 is 0 Å². The van der Waals surface area contributed by atoms with Crippen LogP contribution in [0.3, 0.4) is 0 Å². The van der Waals surface area contributed by atoms with E-state index in [2.05, 4.69) is 5.32 Å². The molecule has 2 aliphatic rings. The molecule has 0 radical (unpaired) electrons. The van der Waals surface area contributed by atoms with Gasteiger partial charge in [-0.25, -0.2) is 0 Å². The number of carbonyl (C=O) groups excluding carboxylic acids is 3. The Labute approximate surface area is 157 Å². The highest BCUT2D eigenvalue weighted by molar-refractivity contribution is 6.18. The van der Waals surface area contributed by atoms with Gasteiger partial charge in [-0.1, -0.05) is 29.8 Å². The molecule has 138 valence electrons. The number of para-hydroxylation sites is 1. The lowest BCUT2D eigenvalue weighted by Gasteiger charge is -2.48. The highest BCUT2D eigenvalue weighted by atomic mass is 16.2. The molecule has 2 aliphatic heterocycles. The number of likely N-dealkylation sites (N-methyl/N-ethyl adjacent to an activating group) is 1. The Hall–Kier alpha value is -3.15. The summed E-state index contributed by atoms with van der Waals surface area (Å²) in [7, 11) is 0. The van der Waals surface area contributed by atoms with Crippen molar-refractivity contribution in [2.45, 2.75) is 32.4 Å². The van der Waals surface area contributed by atoms with Gasteiger partial charge in [0, 0.05) is 25.1 Å². The minimum atomic E-state index is -1.33. The van der Waals surface area contributed by atoms with Crippen LogP contribution in [0.15, 0.2) is 48.5 Å². The molecule has 1 fully saturated rings. The predicted octanol–water partition coefficient (Wildman–Crippen LogP) is 2.93. The minimum Gasteiger partial charge on any atom is -0.322 e. The van der Waals surface area contributed by atoms with Crippen molar-refractivity contribution in [3.63, 3.8) is 0 Å². The molecule has 6 heteroatoms. The second-order valence-electron chi connectivity index (χ2n) is 6.93. The smallest absolute Gasteiger partial charge is 0.271 e. The fraction of sp³-hybridized carbons (Fsp3) is 0.286. The first kappa shape index (κ1) is 17.3. The zero-order valence-electron chi connectivity index (χ0n) is 15.4. The second-order valence-corrected chi connectivity index (χ2v) is 6.93. The van der Waals surface area contributed by atoms with Gasteiger partial charge in [-0.2, -0.15) is 0 Å². The lowest BCUT2D eigenvalue weighted by atomic mass is 9.95. The number of rotatable bonds is 3. The van der Waals surface area contributed by atoms with Crippen molar-refractivity contribution >= 4 is 29.1 Å². The number of carbonyl (C=O) groups is 3. The van der Waals surface area contributed by atoms with E-state index >= 15 is 0 Å². The molecule has 1 atom stereocenters. The molecule has 0 bridgehead atoms. The maximum atomic E-state index is 13.4. The number of hydrogen-bond donors (Lipinski definition) is 1. The van der Waals surface area contributed by atoms with Crippen LogP contribution in [0.25, 0.3) is 0 Å².